The van der Waals surface area contributed by atoms with Crippen LogP contribution >= 0.6 is 11.3 Å². The average Bonchev–Trinajstić information content (AvgIpc) is 3.05. The normalized spacial score (nSPS) is 17.0. The molecule has 1 aliphatic heterocycles. The van der Waals surface area contributed by atoms with Gasteiger partial charge in [-0.05, 0) is 23.6 Å². The first-order valence-electron chi connectivity index (χ1n) is 7.22. The van der Waals surface area contributed by atoms with E-state index < -0.39 is 0 Å². The number of nitrogens with zero attached hydrogens (tertiary/aromatic N) is 3. The Labute approximate surface area is 129 Å². The molecule has 0 unspecified atom stereocenters. The van der Waals surface area contributed by atoms with E-state index in [2.05, 4.69) is 20.9 Å². The molecule has 3 rings (SSSR count). The van der Waals surface area contributed by atoms with Gasteiger partial charge in [-0.2, -0.15) is 0 Å². The molecule has 0 saturated carbocycles. The van der Waals surface area contributed by atoms with Gasteiger partial charge in [0.1, 0.15) is 0 Å². The van der Waals surface area contributed by atoms with E-state index in [1.807, 2.05) is 35.8 Å². The highest BCUT2D eigenvalue weighted by molar-refractivity contribution is 7.12. The predicted molar refractivity (Wildman–Crippen MR) is 84.6 cm³/mol. The van der Waals surface area contributed by atoms with Gasteiger partial charge < -0.3 is 0 Å². The molecule has 0 aromatic carbocycles. The van der Waals surface area contributed by atoms with Crippen LogP contribution in [-0.2, 0) is 6.54 Å². The van der Waals surface area contributed by atoms with E-state index in [1.165, 1.54) is 11.3 Å². The summed E-state index contributed by atoms with van der Waals surface area (Å²) in [7, 11) is 0. The van der Waals surface area contributed by atoms with Crippen molar-refractivity contribution in [1.29, 1.82) is 0 Å². The molecule has 1 saturated heterocycles. The fourth-order valence-electron chi connectivity index (χ4n) is 2.54. The largest absolute Gasteiger partial charge is 0.295 e. The maximum atomic E-state index is 12.1. The number of carbonyl (C=O) groups is 1. The standard InChI is InChI=1S/C16H19N3OS/c20-15(16-5-3-11-21-16)13-19-9-7-18(8-10-19)12-14-4-1-2-6-17-14/h1-6,11H,7-10,12-13H2. The molecule has 2 aromatic heterocycles. The lowest BCUT2D eigenvalue weighted by Crippen LogP contribution is -2.47. The van der Waals surface area contributed by atoms with E-state index in [1.54, 1.807) is 0 Å². The van der Waals surface area contributed by atoms with Crippen molar-refractivity contribution in [3.8, 4) is 0 Å². The molecule has 0 bridgehead atoms. The van der Waals surface area contributed by atoms with Gasteiger partial charge in [-0.3, -0.25) is 19.6 Å². The monoisotopic (exact) mass is 301 g/mol. The topological polar surface area (TPSA) is 36.4 Å². The van der Waals surface area contributed by atoms with Gasteiger partial charge in [0.15, 0.2) is 5.78 Å². The van der Waals surface area contributed by atoms with E-state index in [-0.39, 0.29) is 5.78 Å². The number of ketones is 1. The molecule has 2 aromatic rings. The second-order valence-electron chi connectivity index (χ2n) is 5.27. The average molecular weight is 301 g/mol. The molecule has 0 amide bonds. The van der Waals surface area contributed by atoms with E-state index in [0.29, 0.717) is 6.54 Å². The Hall–Kier alpha value is -1.56. The Bertz CT molecular complexity index is 562. The van der Waals surface area contributed by atoms with Crippen molar-refractivity contribution in [2.45, 2.75) is 6.54 Å². The highest BCUT2D eigenvalue weighted by Gasteiger charge is 2.20. The van der Waals surface area contributed by atoms with Crippen LogP contribution in [0.25, 0.3) is 0 Å². The van der Waals surface area contributed by atoms with Crippen molar-refractivity contribution < 1.29 is 4.79 Å². The molecule has 3 heterocycles. The first kappa shape index (κ1) is 14.4. The molecule has 110 valence electrons. The summed E-state index contributed by atoms with van der Waals surface area (Å²) < 4.78 is 0. The summed E-state index contributed by atoms with van der Waals surface area (Å²) in [5.74, 6) is 0.239. The van der Waals surface area contributed by atoms with Crippen molar-refractivity contribution in [1.82, 2.24) is 14.8 Å². The number of hydrogen-bond donors (Lipinski definition) is 0. The summed E-state index contributed by atoms with van der Waals surface area (Å²) in [6.07, 6.45) is 1.84. The molecule has 0 atom stereocenters. The van der Waals surface area contributed by atoms with Crippen LogP contribution in [0.15, 0.2) is 41.9 Å². The minimum Gasteiger partial charge on any atom is -0.295 e. The Kier molecular flexibility index (Phi) is 4.75. The zero-order chi connectivity index (χ0) is 14.5. The van der Waals surface area contributed by atoms with Crippen molar-refractivity contribution in [2.24, 2.45) is 0 Å². The lowest BCUT2D eigenvalue weighted by molar-refractivity contribution is 0.0846. The van der Waals surface area contributed by atoms with Crippen molar-refractivity contribution in [2.75, 3.05) is 32.7 Å². The van der Waals surface area contributed by atoms with Crippen molar-refractivity contribution in [3.05, 3.63) is 52.5 Å². The van der Waals surface area contributed by atoms with Crippen LogP contribution in [0.3, 0.4) is 0 Å². The van der Waals surface area contributed by atoms with Crippen LogP contribution in [0.2, 0.25) is 0 Å². The number of carbonyl (C=O) groups excluding carboxylic acids is 1. The molecule has 1 aliphatic rings. The molecular formula is C16H19N3OS. The number of Topliss-reactive ketones (excluding diaryl/α,β-unsaturated/α-hetero) is 1. The molecule has 0 aliphatic carbocycles. The fraction of sp³-hybridized carbons (Fsp3) is 0.375. The maximum absolute atomic E-state index is 12.1. The quantitative estimate of drug-likeness (QED) is 0.793. The third-order valence-corrected chi connectivity index (χ3v) is 4.65. The van der Waals surface area contributed by atoms with Gasteiger partial charge in [0, 0.05) is 38.9 Å². The van der Waals surface area contributed by atoms with E-state index in [4.69, 9.17) is 0 Å². The Morgan fingerprint density at radius 1 is 1.10 bits per heavy atom. The summed E-state index contributed by atoms with van der Waals surface area (Å²) in [5.41, 5.74) is 1.11. The van der Waals surface area contributed by atoms with Crippen LogP contribution < -0.4 is 0 Å². The Morgan fingerprint density at radius 3 is 2.57 bits per heavy atom. The minimum atomic E-state index is 0.239. The SMILES string of the molecule is O=C(CN1CCN(Cc2ccccn2)CC1)c1cccs1. The Balaban J connectivity index is 1.46. The molecule has 5 heteroatoms. The smallest absolute Gasteiger partial charge is 0.186 e. The van der Waals surface area contributed by atoms with Crippen molar-refractivity contribution in [3.63, 3.8) is 0 Å². The molecular weight excluding hydrogens is 282 g/mol. The summed E-state index contributed by atoms with van der Waals surface area (Å²) in [6, 6.07) is 9.87. The summed E-state index contributed by atoms with van der Waals surface area (Å²) in [5, 5.41) is 1.96. The first-order valence-corrected chi connectivity index (χ1v) is 8.10. The van der Waals surface area contributed by atoms with Gasteiger partial charge in [0.25, 0.3) is 0 Å². The van der Waals surface area contributed by atoms with E-state index in [9.17, 15) is 4.79 Å². The van der Waals surface area contributed by atoms with Gasteiger partial charge >= 0.3 is 0 Å². The van der Waals surface area contributed by atoms with Crippen LogP contribution in [0.1, 0.15) is 15.4 Å². The lowest BCUT2D eigenvalue weighted by Gasteiger charge is -2.34. The molecule has 21 heavy (non-hydrogen) atoms. The van der Waals surface area contributed by atoms with E-state index >= 15 is 0 Å². The molecule has 0 spiro atoms. The zero-order valence-corrected chi connectivity index (χ0v) is 12.8. The van der Waals surface area contributed by atoms with Gasteiger partial charge in [0.05, 0.1) is 17.1 Å². The second-order valence-corrected chi connectivity index (χ2v) is 6.22. The zero-order valence-electron chi connectivity index (χ0n) is 11.9. The lowest BCUT2D eigenvalue weighted by atomic mass is 10.2. The second kappa shape index (κ2) is 6.93. The number of aromatic nitrogens is 1. The molecule has 0 N–H and O–H groups in total. The highest BCUT2D eigenvalue weighted by atomic mass is 32.1. The Morgan fingerprint density at radius 2 is 1.90 bits per heavy atom. The number of rotatable bonds is 5. The van der Waals surface area contributed by atoms with Gasteiger partial charge in [-0.15, -0.1) is 11.3 Å². The molecule has 1 fully saturated rings. The minimum absolute atomic E-state index is 0.239. The summed E-state index contributed by atoms with van der Waals surface area (Å²) >= 11 is 1.53. The fourth-order valence-corrected chi connectivity index (χ4v) is 3.20. The number of hydrogen-bond acceptors (Lipinski definition) is 5. The third kappa shape index (κ3) is 3.97. The van der Waals surface area contributed by atoms with Crippen molar-refractivity contribution >= 4 is 17.1 Å². The number of pyridine rings is 1. The number of piperazine rings is 1. The highest BCUT2D eigenvalue weighted by Crippen LogP contribution is 2.12. The van der Waals surface area contributed by atoms with Gasteiger partial charge in [0.2, 0.25) is 0 Å². The maximum Gasteiger partial charge on any atom is 0.186 e. The first-order chi connectivity index (χ1) is 10.3. The van der Waals surface area contributed by atoms with Crippen LogP contribution in [0.4, 0.5) is 0 Å². The van der Waals surface area contributed by atoms with E-state index in [0.717, 1.165) is 43.3 Å². The van der Waals surface area contributed by atoms with Crippen LogP contribution in [0.5, 0.6) is 0 Å². The molecule has 0 radical (unpaired) electrons. The molecule has 4 nitrogen and oxygen atoms in total. The van der Waals surface area contributed by atoms with Crippen LogP contribution in [-0.4, -0.2) is 53.3 Å². The van der Waals surface area contributed by atoms with Gasteiger partial charge in [-0.1, -0.05) is 12.1 Å². The third-order valence-electron chi connectivity index (χ3n) is 3.74. The summed E-state index contributed by atoms with van der Waals surface area (Å²) in [4.78, 5) is 22.0. The van der Waals surface area contributed by atoms with Crippen LogP contribution in [0, 0.1) is 0 Å². The van der Waals surface area contributed by atoms with Gasteiger partial charge in [-0.25, -0.2) is 0 Å². The number of thiophene rings is 1. The summed E-state index contributed by atoms with van der Waals surface area (Å²) in [6.45, 7) is 5.32. The predicted octanol–water partition coefficient (Wildman–Crippen LogP) is 2.14.